The lowest BCUT2D eigenvalue weighted by atomic mass is 9.98. The number of hydrogen-bond acceptors (Lipinski definition) is 1. The van der Waals surface area contributed by atoms with Crippen LogP contribution in [-0.4, -0.2) is 10.5 Å². The van der Waals surface area contributed by atoms with Crippen molar-refractivity contribution in [1.82, 2.24) is 4.57 Å². The number of carbonyl (C=O) groups is 1. The molecule has 0 unspecified atom stereocenters. The fraction of sp³-hybridized carbons (Fsp3) is 0.476. The molecule has 2 aromatic rings. The molecule has 1 amide bonds. The van der Waals surface area contributed by atoms with Gasteiger partial charge in [0.15, 0.2) is 0 Å². The van der Waals surface area contributed by atoms with Crippen LogP contribution in [0, 0.1) is 5.92 Å². The molecule has 0 atom stereocenters. The van der Waals surface area contributed by atoms with Crippen LogP contribution in [0.4, 0.5) is 5.69 Å². The number of benzene rings is 1. The lowest BCUT2D eigenvalue weighted by Crippen LogP contribution is -2.35. The number of aryl methyl sites for hydroxylation is 1. The molecule has 1 fully saturated rings. The molecule has 0 saturated heterocycles. The van der Waals surface area contributed by atoms with Crippen molar-refractivity contribution < 1.29 is 4.79 Å². The third kappa shape index (κ3) is 2.77. The van der Waals surface area contributed by atoms with Crippen LogP contribution in [0.2, 0.25) is 0 Å². The van der Waals surface area contributed by atoms with Gasteiger partial charge in [0.2, 0.25) is 5.91 Å². The quantitative estimate of drug-likeness (QED) is 0.713. The van der Waals surface area contributed by atoms with E-state index in [2.05, 4.69) is 53.0 Å². The van der Waals surface area contributed by atoms with Crippen molar-refractivity contribution in [3.63, 3.8) is 0 Å². The SMILES string of the molecule is Cn1ccc2c1Cc1ccccc1N(C(=O)C1CCCCCC1)C2. The number of para-hydroxylation sites is 1. The van der Waals surface area contributed by atoms with Gasteiger partial charge in [0, 0.05) is 37.0 Å². The van der Waals surface area contributed by atoms with E-state index in [9.17, 15) is 4.79 Å². The summed E-state index contributed by atoms with van der Waals surface area (Å²) < 4.78 is 2.20. The van der Waals surface area contributed by atoms with Crippen LogP contribution in [0.15, 0.2) is 36.5 Å². The second kappa shape index (κ2) is 6.46. The first-order valence-corrected chi connectivity index (χ1v) is 9.26. The first kappa shape index (κ1) is 15.5. The summed E-state index contributed by atoms with van der Waals surface area (Å²) in [7, 11) is 2.10. The molecular weight excluding hydrogens is 296 g/mol. The van der Waals surface area contributed by atoms with Crippen LogP contribution in [-0.2, 0) is 24.8 Å². The molecule has 3 nitrogen and oxygen atoms in total. The van der Waals surface area contributed by atoms with E-state index in [0.717, 1.165) is 24.9 Å². The van der Waals surface area contributed by atoms with E-state index in [1.165, 1.54) is 42.5 Å². The summed E-state index contributed by atoms with van der Waals surface area (Å²) in [6.07, 6.45) is 10.1. The maximum absolute atomic E-state index is 13.4. The zero-order chi connectivity index (χ0) is 16.5. The number of carbonyl (C=O) groups excluding carboxylic acids is 1. The smallest absolute Gasteiger partial charge is 0.230 e. The fourth-order valence-electron chi connectivity index (χ4n) is 4.30. The van der Waals surface area contributed by atoms with Crippen LogP contribution in [0.5, 0.6) is 0 Å². The highest BCUT2D eigenvalue weighted by molar-refractivity contribution is 5.96. The molecule has 1 aromatic heterocycles. The Kier molecular flexibility index (Phi) is 4.17. The average Bonchev–Trinajstić information content (AvgIpc) is 2.82. The molecule has 1 aliphatic carbocycles. The third-order valence-electron chi connectivity index (χ3n) is 5.73. The summed E-state index contributed by atoms with van der Waals surface area (Å²) in [6, 6.07) is 10.6. The van der Waals surface area contributed by atoms with E-state index in [4.69, 9.17) is 0 Å². The van der Waals surface area contributed by atoms with Crippen molar-refractivity contribution in [2.45, 2.75) is 51.5 Å². The summed E-state index contributed by atoms with van der Waals surface area (Å²) in [5, 5.41) is 0. The standard InChI is InChI=1S/C21H26N2O/c1-22-13-12-18-15-23(21(24)16-8-4-2-3-5-9-16)19-11-7-6-10-17(19)14-20(18)22/h6-7,10-13,16H,2-5,8-9,14-15H2,1H3. The zero-order valence-corrected chi connectivity index (χ0v) is 14.5. The van der Waals surface area contributed by atoms with Crippen molar-refractivity contribution in [2.24, 2.45) is 13.0 Å². The minimum atomic E-state index is 0.200. The Labute approximate surface area is 144 Å². The number of fused-ring (bicyclic) bond motifs is 2. The molecule has 0 N–H and O–H groups in total. The van der Waals surface area contributed by atoms with Crippen LogP contribution < -0.4 is 4.90 Å². The Morgan fingerprint density at radius 2 is 1.75 bits per heavy atom. The fourth-order valence-corrected chi connectivity index (χ4v) is 4.30. The van der Waals surface area contributed by atoms with Crippen LogP contribution in [0.25, 0.3) is 0 Å². The van der Waals surface area contributed by atoms with Gasteiger partial charge in [-0.1, -0.05) is 43.9 Å². The van der Waals surface area contributed by atoms with Gasteiger partial charge in [-0.15, -0.1) is 0 Å². The molecule has 24 heavy (non-hydrogen) atoms. The van der Waals surface area contributed by atoms with E-state index in [1.807, 2.05) is 0 Å². The van der Waals surface area contributed by atoms with Gasteiger partial charge in [0.25, 0.3) is 0 Å². The number of rotatable bonds is 1. The Bertz CT molecular complexity index is 738. The largest absolute Gasteiger partial charge is 0.354 e. The van der Waals surface area contributed by atoms with Gasteiger partial charge >= 0.3 is 0 Å². The third-order valence-corrected chi connectivity index (χ3v) is 5.73. The average molecular weight is 322 g/mol. The first-order valence-electron chi connectivity index (χ1n) is 9.26. The lowest BCUT2D eigenvalue weighted by Gasteiger charge is -2.27. The summed E-state index contributed by atoms with van der Waals surface area (Å²) >= 11 is 0. The van der Waals surface area contributed by atoms with Crippen molar-refractivity contribution in [3.05, 3.63) is 53.3 Å². The molecule has 1 saturated carbocycles. The van der Waals surface area contributed by atoms with Crippen molar-refractivity contribution >= 4 is 11.6 Å². The van der Waals surface area contributed by atoms with Gasteiger partial charge in [0.05, 0.1) is 6.54 Å². The Hall–Kier alpha value is -2.03. The van der Waals surface area contributed by atoms with Gasteiger partial charge in [-0.2, -0.15) is 0 Å². The van der Waals surface area contributed by atoms with Crippen molar-refractivity contribution in [1.29, 1.82) is 0 Å². The number of nitrogens with zero attached hydrogens (tertiary/aromatic N) is 2. The molecule has 126 valence electrons. The Morgan fingerprint density at radius 1 is 1.00 bits per heavy atom. The number of aromatic nitrogens is 1. The van der Waals surface area contributed by atoms with E-state index in [1.54, 1.807) is 0 Å². The highest BCUT2D eigenvalue weighted by atomic mass is 16.2. The molecule has 4 rings (SSSR count). The van der Waals surface area contributed by atoms with E-state index in [0.29, 0.717) is 12.5 Å². The predicted octanol–water partition coefficient (Wildman–Crippen LogP) is 4.43. The minimum Gasteiger partial charge on any atom is -0.354 e. The highest BCUT2D eigenvalue weighted by Gasteiger charge is 2.30. The zero-order valence-electron chi connectivity index (χ0n) is 14.5. The van der Waals surface area contributed by atoms with Gasteiger partial charge < -0.3 is 9.47 Å². The molecule has 0 bridgehead atoms. The molecule has 1 aliphatic heterocycles. The highest BCUT2D eigenvalue weighted by Crippen LogP contribution is 2.34. The Balaban J connectivity index is 1.72. The number of hydrogen-bond donors (Lipinski definition) is 0. The minimum absolute atomic E-state index is 0.200. The molecule has 2 aliphatic rings. The van der Waals surface area contributed by atoms with Crippen LogP contribution >= 0.6 is 0 Å². The topological polar surface area (TPSA) is 25.2 Å². The normalized spacial score (nSPS) is 18.5. The Morgan fingerprint density at radius 3 is 2.54 bits per heavy atom. The molecule has 3 heteroatoms. The molecule has 1 aromatic carbocycles. The summed E-state index contributed by atoms with van der Waals surface area (Å²) in [5.74, 6) is 0.534. The molecule has 2 heterocycles. The number of amides is 1. The summed E-state index contributed by atoms with van der Waals surface area (Å²) in [5.41, 5.74) is 5.00. The second-order valence-corrected chi connectivity index (χ2v) is 7.32. The van der Waals surface area contributed by atoms with Crippen LogP contribution in [0.1, 0.15) is 55.3 Å². The maximum atomic E-state index is 13.4. The molecular formula is C21H26N2O. The van der Waals surface area contributed by atoms with E-state index < -0.39 is 0 Å². The second-order valence-electron chi connectivity index (χ2n) is 7.32. The molecule has 0 radical (unpaired) electrons. The van der Waals surface area contributed by atoms with Crippen LogP contribution in [0.3, 0.4) is 0 Å². The van der Waals surface area contributed by atoms with Gasteiger partial charge in [-0.3, -0.25) is 4.79 Å². The first-order chi connectivity index (χ1) is 11.7. The molecule has 0 spiro atoms. The monoisotopic (exact) mass is 322 g/mol. The summed E-state index contributed by atoms with van der Waals surface area (Å²) in [6.45, 7) is 0.711. The maximum Gasteiger partial charge on any atom is 0.230 e. The summed E-state index contributed by atoms with van der Waals surface area (Å²) in [4.78, 5) is 15.4. The van der Waals surface area contributed by atoms with E-state index in [-0.39, 0.29) is 5.92 Å². The van der Waals surface area contributed by atoms with Crippen molar-refractivity contribution in [2.75, 3.05) is 4.90 Å². The van der Waals surface area contributed by atoms with Crippen molar-refractivity contribution in [3.8, 4) is 0 Å². The van der Waals surface area contributed by atoms with Gasteiger partial charge in [0.1, 0.15) is 0 Å². The lowest BCUT2D eigenvalue weighted by molar-refractivity contribution is -0.122. The number of anilines is 1. The predicted molar refractivity (Wildman–Crippen MR) is 97.0 cm³/mol. The van der Waals surface area contributed by atoms with Gasteiger partial charge in [-0.05, 0) is 36.1 Å². The van der Waals surface area contributed by atoms with E-state index >= 15 is 0 Å². The van der Waals surface area contributed by atoms with Gasteiger partial charge in [-0.25, -0.2) is 0 Å².